The molecule has 4 N–H and O–H groups in total. The van der Waals surface area contributed by atoms with E-state index in [-0.39, 0.29) is 23.0 Å². The van der Waals surface area contributed by atoms with Gasteiger partial charge in [0.25, 0.3) is 0 Å². The van der Waals surface area contributed by atoms with E-state index in [2.05, 4.69) is 0 Å². The average Bonchev–Trinajstić information content (AvgIpc) is 2.56. The van der Waals surface area contributed by atoms with E-state index in [1.807, 2.05) is 0 Å². The van der Waals surface area contributed by atoms with Gasteiger partial charge < -0.3 is 25.2 Å². The molecule has 0 radical (unpaired) electrons. The van der Waals surface area contributed by atoms with Crippen LogP contribution >= 0.6 is 0 Å². The second-order valence-electron chi connectivity index (χ2n) is 4.90. The van der Waals surface area contributed by atoms with Gasteiger partial charge in [-0.25, -0.2) is 9.59 Å². The number of aliphatic carboxylic acids is 1. The lowest BCUT2D eigenvalue weighted by atomic mass is 10.2. The summed E-state index contributed by atoms with van der Waals surface area (Å²) in [6.07, 6.45) is 4.65. The maximum absolute atomic E-state index is 11.8. The van der Waals surface area contributed by atoms with E-state index in [1.165, 1.54) is 48.6 Å². The molecule has 0 fully saturated rings. The van der Waals surface area contributed by atoms with Crippen LogP contribution in [0.1, 0.15) is 11.1 Å². The number of phenols is 3. The Kier molecular flexibility index (Phi) is 5.42. The van der Waals surface area contributed by atoms with E-state index in [0.29, 0.717) is 11.1 Å². The largest absolute Gasteiger partial charge is 0.504 e. The fourth-order valence-corrected chi connectivity index (χ4v) is 1.84. The van der Waals surface area contributed by atoms with Gasteiger partial charge in [-0.15, -0.1) is 0 Å². The first-order chi connectivity index (χ1) is 11.8. The van der Waals surface area contributed by atoms with Crippen molar-refractivity contribution >= 4 is 24.1 Å². The molecule has 7 heteroatoms. The van der Waals surface area contributed by atoms with Crippen molar-refractivity contribution in [2.45, 2.75) is 0 Å². The molecule has 0 spiro atoms. The lowest BCUT2D eigenvalue weighted by Gasteiger charge is -2.05. The van der Waals surface area contributed by atoms with E-state index in [1.54, 1.807) is 0 Å². The number of hydrogen-bond donors (Lipinski definition) is 4. The molecule has 0 saturated carbocycles. The lowest BCUT2D eigenvalue weighted by Crippen LogP contribution is -2.03. The monoisotopic (exact) mass is 342 g/mol. The summed E-state index contributed by atoms with van der Waals surface area (Å²) in [4.78, 5) is 22.2. The minimum atomic E-state index is -1.12. The van der Waals surface area contributed by atoms with Gasteiger partial charge >= 0.3 is 11.9 Å². The number of carbonyl (C=O) groups is 2. The molecule has 0 aliphatic carbocycles. The molecule has 0 saturated heterocycles. The Hall–Kier alpha value is -3.74. The molecule has 0 amide bonds. The van der Waals surface area contributed by atoms with E-state index in [9.17, 15) is 24.9 Å². The number of ether oxygens (including phenoxy) is 1. The molecule has 25 heavy (non-hydrogen) atoms. The summed E-state index contributed by atoms with van der Waals surface area (Å²) in [5.41, 5.74) is 0.889. The Morgan fingerprint density at radius 1 is 0.800 bits per heavy atom. The second-order valence-corrected chi connectivity index (χ2v) is 4.90. The number of carboxylic acids is 1. The topological polar surface area (TPSA) is 124 Å². The Balaban J connectivity index is 2.05. The Bertz CT molecular complexity index is 866. The number of aromatic hydroxyl groups is 3. The second kappa shape index (κ2) is 7.69. The summed E-state index contributed by atoms with van der Waals surface area (Å²) in [7, 11) is 0. The van der Waals surface area contributed by atoms with Crippen molar-refractivity contribution in [3.63, 3.8) is 0 Å². The smallest absolute Gasteiger partial charge is 0.336 e. The zero-order valence-corrected chi connectivity index (χ0v) is 12.8. The quantitative estimate of drug-likeness (QED) is 0.285. The molecular formula is C18H14O7. The number of benzene rings is 2. The van der Waals surface area contributed by atoms with Gasteiger partial charge in [-0.1, -0.05) is 12.1 Å². The van der Waals surface area contributed by atoms with Crippen LogP contribution in [0.15, 0.2) is 48.6 Å². The third-order valence-corrected chi connectivity index (χ3v) is 3.02. The number of esters is 1. The first-order valence-corrected chi connectivity index (χ1v) is 7.01. The predicted octanol–water partition coefficient (Wildman–Crippen LogP) is 2.52. The molecule has 7 nitrogen and oxygen atoms in total. The van der Waals surface area contributed by atoms with Gasteiger partial charge in [0.05, 0.1) is 0 Å². The Morgan fingerprint density at radius 2 is 1.40 bits per heavy atom. The maximum atomic E-state index is 11.8. The van der Waals surface area contributed by atoms with Crippen LogP contribution in [-0.4, -0.2) is 32.4 Å². The fourth-order valence-electron chi connectivity index (χ4n) is 1.84. The van der Waals surface area contributed by atoms with Gasteiger partial charge in [0.2, 0.25) is 0 Å². The van der Waals surface area contributed by atoms with Gasteiger partial charge in [-0.05, 0) is 47.5 Å². The van der Waals surface area contributed by atoms with E-state index >= 15 is 0 Å². The molecule has 0 bridgehead atoms. The number of carboxylic acid groups (broad SMARTS) is 1. The van der Waals surface area contributed by atoms with E-state index in [4.69, 9.17) is 9.84 Å². The predicted molar refractivity (Wildman–Crippen MR) is 89.2 cm³/mol. The van der Waals surface area contributed by atoms with Gasteiger partial charge in [-0.3, -0.25) is 0 Å². The van der Waals surface area contributed by atoms with Crippen molar-refractivity contribution < 1.29 is 34.8 Å². The van der Waals surface area contributed by atoms with Gasteiger partial charge in [0, 0.05) is 12.2 Å². The van der Waals surface area contributed by atoms with Crippen LogP contribution < -0.4 is 4.74 Å². The minimum absolute atomic E-state index is 0.0873. The highest BCUT2D eigenvalue weighted by Crippen LogP contribution is 2.28. The van der Waals surface area contributed by atoms with Crippen LogP contribution in [0.4, 0.5) is 0 Å². The third-order valence-electron chi connectivity index (χ3n) is 3.02. The number of rotatable bonds is 5. The highest BCUT2D eigenvalue weighted by atomic mass is 16.5. The first kappa shape index (κ1) is 17.6. The summed E-state index contributed by atoms with van der Waals surface area (Å²) in [6.45, 7) is 0. The highest BCUT2D eigenvalue weighted by molar-refractivity contribution is 5.89. The molecule has 0 aliphatic rings. The van der Waals surface area contributed by atoms with Crippen LogP contribution in [0.5, 0.6) is 23.0 Å². The van der Waals surface area contributed by atoms with Crippen molar-refractivity contribution in [2.75, 3.05) is 0 Å². The van der Waals surface area contributed by atoms with E-state index < -0.39 is 11.9 Å². The van der Waals surface area contributed by atoms with Crippen molar-refractivity contribution in [3.8, 4) is 23.0 Å². The van der Waals surface area contributed by atoms with Gasteiger partial charge in [-0.2, -0.15) is 0 Å². The molecule has 0 aromatic heterocycles. The zero-order chi connectivity index (χ0) is 18.4. The third kappa shape index (κ3) is 5.14. The molecule has 2 aromatic carbocycles. The zero-order valence-electron chi connectivity index (χ0n) is 12.8. The van der Waals surface area contributed by atoms with Crippen LogP contribution in [0.3, 0.4) is 0 Å². The highest BCUT2D eigenvalue weighted by Gasteiger charge is 2.07. The molecule has 2 rings (SSSR count). The normalized spacial score (nSPS) is 11.0. The molecule has 128 valence electrons. The summed E-state index contributed by atoms with van der Waals surface area (Å²) in [5, 5.41) is 36.9. The molecule has 0 unspecified atom stereocenters. The molecule has 0 heterocycles. The van der Waals surface area contributed by atoms with Gasteiger partial charge in [0.1, 0.15) is 0 Å². The maximum Gasteiger partial charge on any atom is 0.336 e. The van der Waals surface area contributed by atoms with Crippen molar-refractivity contribution in [3.05, 3.63) is 59.7 Å². The van der Waals surface area contributed by atoms with Crippen LogP contribution in [0.2, 0.25) is 0 Å². The van der Waals surface area contributed by atoms with Crippen LogP contribution in [0.25, 0.3) is 12.2 Å². The Labute approximate surface area is 142 Å². The van der Waals surface area contributed by atoms with Crippen molar-refractivity contribution in [1.29, 1.82) is 0 Å². The van der Waals surface area contributed by atoms with Crippen LogP contribution in [-0.2, 0) is 9.59 Å². The summed E-state index contributed by atoms with van der Waals surface area (Å²) in [5.74, 6) is -2.90. The summed E-state index contributed by atoms with van der Waals surface area (Å²) in [6, 6.07) is 8.08. The number of carbonyl (C=O) groups excluding carboxylic acids is 1. The number of hydrogen-bond acceptors (Lipinski definition) is 6. The number of phenolic OH excluding ortho intramolecular Hbond substituents is 3. The molecule has 0 aliphatic heterocycles. The van der Waals surface area contributed by atoms with E-state index in [0.717, 1.165) is 12.2 Å². The summed E-state index contributed by atoms with van der Waals surface area (Å²) < 4.78 is 4.97. The molecular weight excluding hydrogens is 328 g/mol. The fraction of sp³-hybridized carbons (Fsp3) is 0. The van der Waals surface area contributed by atoms with Crippen molar-refractivity contribution in [1.82, 2.24) is 0 Å². The Morgan fingerprint density at radius 3 is 2.00 bits per heavy atom. The molecule has 2 aromatic rings. The molecule has 0 atom stereocenters. The van der Waals surface area contributed by atoms with Crippen molar-refractivity contribution in [2.24, 2.45) is 0 Å². The van der Waals surface area contributed by atoms with Gasteiger partial charge in [0.15, 0.2) is 23.0 Å². The lowest BCUT2D eigenvalue weighted by molar-refractivity contribution is -0.131. The average molecular weight is 342 g/mol. The summed E-state index contributed by atoms with van der Waals surface area (Å²) >= 11 is 0. The minimum Gasteiger partial charge on any atom is -0.504 e. The van der Waals surface area contributed by atoms with Crippen LogP contribution in [0, 0.1) is 0 Å². The first-order valence-electron chi connectivity index (χ1n) is 7.01. The standard InChI is InChI=1S/C18H14O7/c19-13-5-1-11(9-14(13)20)4-8-18(24)25-16-6-2-12(10-15(16)21)3-7-17(22)23/h1-10,19-21H,(H,22,23). The SMILES string of the molecule is O=C(O)C=Cc1ccc(OC(=O)C=Cc2ccc(O)c(O)c2)c(O)c1.